The van der Waals surface area contributed by atoms with Crippen LogP contribution >= 0.6 is 0 Å². The normalized spacial score (nSPS) is 23.1. The molecule has 1 aliphatic heterocycles. The highest BCUT2D eigenvalue weighted by molar-refractivity contribution is 5.60. The number of hydrogen-bond acceptors (Lipinski definition) is 3. The summed E-state index contributed by atoms with van der Waals surface area (Å²) < 4.78 is 0. The van der Waals surface area contributed by atoms with Gasteiger partial charge in [0, 0.05) is 6.20 Å². The maximum absolute atomic E-state index is 5.12. The van der Waals surface area contributed by atoms with Crippen LogP contribution in [0.25, 0.3) is 0 Å². The van der Waals surface area contributed by atoms with Gasteiger partial charge in [0.05, 0.1) is 18.6 Å². The number of rotatable bonds is 0. The van der Waals surface area contributed by atoms with Crippen molar-refractivity contribution in [2.24, 2.45) is 10.7 Å². The smallest absolute Gasteiger partial charge is 0.0887 e. The van der Waals surface area contributed by atoms with Crippen LogP contribution in [0.15, 0.2) is 16.9 Å². The van der Waals surface area contributed by atoms with Gasteiger partial charge in [-0.15, -0.1) is 0 Å². The molecule has 0 radical (unpaired) electrons. The quantitative estimate of drug-likeness (QED) is 0.425. The van der Waals surface area contributed by atoms with Crippen molar-refractivity contribution in [3.63, 3.8) is 0 Å². The summed E-state index contributed by atoms with van der Waals surface area (Å²) in [6, 6.07) is 0. The molecule has 38 valence electrons. The highest BCUT2D eigenvalue weighted by atomic mass is 15.0. The van der Waals surface area contributed by atoms with Gasteiger partial charge in [-0.05, 0) is 0 Å². The monoisotopic (exact) mass is 97.1 g/mol. The predicted molar refractivity (Wildman–Crippen MR) is 28.8 cm³/mol. The van der Waals surface area contributed by atoms with E-state index in [-0.39, 0.29) is 0 Å². The molecule has 0 amide bonds. The molecule has 7 heavy (non-hydrogen) atoms. The van der Waals surface area contributed by atoms with Gasteiger partial charge in [0.15, 0.2) is 0 Å². The van der Waals surface area contributed by atoms with E-state index in [0.29, 0.717) is 0 Å². The standard InChI is InChI=1S/C4H7N3/c5-1-4-2-6-3-7-4/h1,3H,2,5H2,(H,6,7). The van der Waals surface area contributed by atoms with Gasteiger partial charge in [-0.2, -0.15) is 0 Å². The molecule has 0 spiro atoms. The van der Waals surface area contributed by atoms with Crippen LogP contribution in [0, 0.1) is 0 Å². The van der Waals surface area contributed by atoms with E-state index in [9.17, 15) is 0 Å². The first kappa shape index (κ1) is 4.18. The van der Waals surface area contributed by atoms with Crippen LogP contribution < -0.4 is 11.1 Å². The van der Waals surface area contributed by atoms with Crippen molar-refractivity contribution in [1.29, 1.82) is 0 Å². The molecular weight excluding hydrogens is 90.1 g/mol. The van der Waals surface area contributed by atoms with Gasteiger partial charge in [-0.25, -0.2) is 4.99 Å². The molecule has 1 heterocycles. The Morgan fingerprint density at radius 3 is 3.14 bits per heavy atom. The van der Waals surface area contributed by atoms with E-state index in [2.05, 4.69) is 10.3 Å². The molecule has 0 atom stereocenters. The minimum Gasteiger partial charge on any atom is -0.403 e. The van der Waals surface area contributed by atoms with Crippen molar-refractivity contribution >= 4 is 6.34 Å². The van der Waals surface area contributed by atoms with Crippen molar-refractivity contribution in [2.75, 3.05) is 6.54 Å². The SMILES string of the molecule is NC=C1CNC=N1. The Balaban J connectivity index is 2.59. The average molecular weight is 97.1 g/mol. The summed E-state index contributed by atoms with van der Waals surface area (Å²) in [7, 11) is 0. The third kappa shape index (κ3) is 0.707. The third-order valence-electron chi connectivity index (χ3n) is 0.797. The van der Waals surface area contributed by atoms with Crippen LogP contribution in [-0.4, -0.2) is 12.9 Å². The van der Waals surface area contributed by atoms with Crippen LogP contribution in [0.1, 0.15) is 0 Å². The van der Waals surface area contributed by atoms with Gasteiger partial charge in [0.25, 0.3) is 0 Å². The molecule has 3 N–H and O–H groups in total. The van der Waals surface area contributed by atoms with E-state index >= 15 is 0 Å². The fourth-order valence-electron chi connectivity index (χ4n) is 0.426. The first-order valence-electron chi connectivity index (χ1n) is 2.10. The molecule has 0 saturated carbocycles. The van der Waals surface area contributed by atoms with Crippen LogP contribution in [0.5, 0.6) is 0 Å². The zero-order valence-corrected chi connectivity index (χ0v) is 3.89. The molecule has 0 aliphatic carbocycles. The van der Waals surface area contributed by atoms with Crippen molar-refractivity contribution in [1.82, 2.24) is 5.32 Å². The summed E-state index contributed by atoms with van der Waals surface area (Å²) in [5.41, 5.74) is 6.02. The van der Waals surface area contributed by atoms with Crippen LogP contribution in [0.2, 0.25) is 0 Å². The number of hydrogen-bond donors (Lipinski definition) is 2. The summed E-state index contributed by atoms with van der Waals surface area (Å²) in [5.74, 6) is 0. The topological polar surface area (TPSA) is 50.4 Å². The van der Waals surface area contributed by atoms with Gasteiger partial charge in [0.1, 0.15) is 0 Å². The van der Waals surface area contributed by atoms with Crippen LogP contribution in [0.3, 0.4) is 0 Å². The summed E-state index contributed by atoms with van der Waals surface area (Å²) in [4.78, 5) is 3.85. The molecule has 1 rings (SSSR count). The Labute approximate surface area is 41.9 Å². The molecule has 0 unspecified atom stereocenters. The number of nitrogens with zero attached hydrogens (tertiary/aromatic N) is 1. The summed E-state index contributed by atoms with van der Waals surface area (Å²) >= 11 is 0. The Kier molecular flexibility index (Phi) is 0.978. The van der Waals surface area contributed by atoms with E-state index in [0.717, 1.165) is 12.2 Å². The molecule has 0 aromatic heterocycles. The maximum atomic E-state index is 5.12. The zero-order chi connectivity index (χ0) is 5.11. The second-order valence-corrected chi connectivity index (χ2v) is 1.30. The number of nitrogens with one attached hydrogen (secondary N) is 1. The fraction of sp³-hybridized carbons (Fsp3) is 0.250. The van der Waals surface area contributed by atoms with E-state index < -0.39 is 0 Å². The third-order valence-corrected chi connectivity index (χ3v) is 0.797. The molecule has 0 bridgehead atoms. The van der Waals surface area contributed by atoms with Gasteiger partial charge in [0.2, 0.25) is 0 Å². The maximum Gasteiger partial charge on any atom is 0.0887 e. The van der Waals surface area contributed by atoms with Gasteiger partial charge in [-0.1, -0.05) is 0 Å². The minimum absolute atomic E-state index is 0.774. The minimum atomic E-state index is 0.774. The Morgan fingerprint density at radius 2 is 2.86 bits per heavy atom. The van der Waals surface area contributed by atoms with E-state index in [1.807, 2.05) is 0 Å². The van der Waals surface area contributed by atoms with Crippen molar-refractivity contribution in [2.45, 2.75) is 0 Å². The second kappa shape index (κ2) is 1.64. The highest BCUT2D eigenvalue weighted by Gasteiger charge is 1.94. The summed E-state index contributed by atoms with van der Waals surface area (Å²) in [6.45, 7) is 0.774. The molecule has 0 aromatic carbocycles. The molecule has 3 heteroatoms. The largest absolute Gasteiger partial charge is 0.403 e. The molecule has 0 fully saturated rings. The lowest BCUT2D eigenvalue weighted by molar-refractivity contribution is 1.05. The Morgan fingerprint density at radius 1 is 2.00 bits per heavy atom. The molecule has 1 aliphatic rings. The van der Waals surface area contributed by atoms with Crippen molar-refractivity contribution < 1.29 is 0 Å². The number of aliphatic imine (C=N–C) groups is 1. The first-order valence-corrected chi connectivity index (χ1v) is 2.10. The lowest BCUT2D eigenvalue weighted by Crippen LogP contribution is -2.05. The molecular formula is C4H7N3. The average Bonchev–Trinajstić information content (AvgIpc) is 2.14. The Bertz CT molecular complexity index is 111. The van der Waals surface area contributed by atoms with Gasteiger partial charge < -0.3 is 11.1 Å². The van der Waals surface area contributed by atoms with Crippen LogP contribution in [0.4, 0.5) is 0 Å². The molecule has 0 saturated heterocycles. The molecule has 3 nitrogen and oxygen atoms in total. The second-order valence-electron chi connectivity index (χ2n) is 1.30. The lowest BCUT2D eigenvalue weighted by atomic mass is 10.5. The number of nitrogens with two attached hydrogens (primary N) is 1. The lowest BCUT2D eigenvalue weighted by Gasteiger charge is -1.83. The van der Waals surface area contributed by atoms with Gasteiger partial charge in [-0.3, -0.25) is 0 Å². The predicted octanol–water partition coefficient (Wildman–Crippen LogP) is -0.582. The van der Waals surface area contributed by atoms with Crippen LogP contribution in [-0.2, 0) is 0 Å². The van der Waals surface area contributed by atoms with E-state index in [1.54, 1.807) is 6.34 Å². The van der Waals surface area contributed by atoms with Gasteiger partial charge >= 0.3 is 0 Å². The van der Waals surface area contributed by atoms with E-state index in [4.69, 9.17) is 5.73 Å². The molecule has 0 aromatic rings. The summed E-state index contributed by atoms with van der Waals surface area (Å²) in [6.07, 6.45) is 3.13. The van der Waals surface area contributed by atoms with Crippen molar-refractivity contribution in [3.8, 4) is 0 Å². The first-order chi connectivity index (χ1) is 3.43. The van der Waals surface area contributed by atoms with E-state index in [1.165, 1.54) is 6.20 Å². The summed E-state index contributed by atoms with van der Waals surface area (Å²) in [5, 5.41) is 2.88. The highest BCUT2D eigenvalue weighted by Crippen LogP contribution is 1.92. The van der Waals surface area contributed by atoms with Crippen molar-refractivity contribution in [3.05, 3.63) is 11.9 Å². The Hall–Kier alpha value is -0.990. The fourth-order valence-corrected chi connectivity index (χ4v) is 0.426. The zero-order valence-electron chi connectivity index (χ0n) is 3.89.